The summed E-state index contributed by atoms with van der Waals surface area (Å²) >= 11 is 1.51. The van der Waals surface area contributed by atoms with Gasteiger partial charge in [0.05, 0.1) is 10.9 Å². The number of hydrogen-bond acceptors (Lipinski definition) is 2. The van der Waals surface area contributed by atoms with Crippen molar-refractivity contribution in [2.24, 2.45) is 0 Å². The lowest BCUT2D eigenvalue weighted by molar-refractivity contribution is -0.117. The Hall–Kier alpha value is -1.68. The maximum absolute atomic E-state index is 12.9. The zero-order valence-electron chi connectivity index (χ0n) is 10.9. The van der Waals surface area contributed by atoms with E-state index in [4.69, 9.17) is 0 Å². The predicted octanol–water partition coefficient (Wildman–Crippen LogP) is 4.33. The normalized spacial score (nSPS) is 12.2. The largest absolute Gasteiger partial charge is 0.317 e. The standard InChI is InChI=1S/C15H16FNOS/c1-3-13(11-4-6-12(16)7-5-11)15(18)17-14-8-10(2)9-19-14/h4-9,13H,3H2,1-2H3,(H,17,18). The molecule has 0 bridgehead atoms. The maximum atomic E-state index is 12.9. The van der Waals surface area contributed by atoms with Crippen LogP contribution in [0.5, 0.6) is 0 Å². The zero-order valence-corrected chi connectivity index (χ0v) is 11.8. The van der Waals surface area contributed by atoms with Gasteiger partial charge in [0.15, 0.2) is 0 Å². The average Bonchev–Trinajstić information content (AvgIpc) is 2.78. The van der Waals surface area contributed by atoms with Crippen molar-refractivity contribution in [2.75, 3.05) is 5.32 Å². The van der Waals surface area contributed by atoms with E-state index < -0.39 is 0 Å². The van der Waals surface area contributed by atoms with Crippen molar-refractivity contribution in [1.82, 2.24) is 0 Å². The molecule has 0 aliphatic rings. The Morgan fingerprint density at radius 1 is 1.37 bits per heavy atom. The number of benzene rings is 1. The highest BCUT2D eigenvalue weighted by Gasteiger charge is 2.19. The third-order valence-corrected chi connectivity index (χ3v) is 3.94. The van der Waals surface area contributed by atoms with Gasteiger partial charge in [-0.05, 0) is 48.1 Å². The van der Waals surface area contributed by atoms with Crippen LogP contribution in [0.25, 0.3) is 0 Å². The zero-order chi connectivity index (χ0) is 13.8. The highest BCUT2D eigenvalue weighted by Crippen LogP contribution is 2.25. The lowest BCUT2D eigenvalue weighted by Crippen LogP contribution is -2.20. The molecule has 1 atom stereocenters. The van der Waals surface area contributed by atoms with E-state index in [1.807, 2.05) is 25.3 Å². The molecule has 0 spiro atoms. The molecule has 100 valence electrons. The molecule has 1 aromatic carbocycles. The third-order valence-electron chi connectivity index (χ3n) is 2.97. The second-order valence-corrected chi connectivity index (χ2v) is 5.40. The van der Waals surface area contributed by atoms with Gasteiger partial charge in [-0.1, -0.05) is 19.1 Å². The SMILES string of the molecule is CCC(C(=O)Nc1cc(C)cs1)c1ccc(F)cc1. The number of aryl methyl sites for hydroxylation is 1. The van der Waals surface area contributed by atoms with Crippen LogP contribution < -0.4 is 5.32 Å². The monoisotopic (exact) mass is 277 g/mol. The van der Waals surface area contributed by atoms with E-state index in [0.717, 1.165) is 16.1 Å². The Morgan fingerprint density at radius 3 is 2.58 bits per heavy atom. The van der Waals surface area contributed by atoms with Crippen molar-refractivity contribution >= 4 is 22.2 Å². The molecule has 0 aliphatic carbocycles. The Labute approximate surface area is 116 Å². The molecule has 1 unspecified atom stereocenters. The molecule has 1 aromatic heterocycles. The molecule has 0 fully saturated rings. The first-order chi connectivity index (χ1) is 9.10. The molecule has 19 heavy (non-hydrogen) atoms. The quantitative estimate of drug-likeness (QED) is 0.885. The van der Waals surface area contributed by atoms with Crippen LogP contribution in [-0.2, 0) is 4.79 Å². The number of halogens is 1. The molecule has 2 rings (SSSR count). The molecule has 0 saturated heterocycles. The molecule has 2 nitrogen and oxygen atoms in total. The van der Waals surface area contributed by atoms with Crippen LogP contribution in [0, 0.1) is 12.7 Å². The topological polar surface area (TPSA) is 29.1 Å². The van der Waals surface area contributed by atoms with Gasteiger partial charge in [0.1, 0.15) is 5.82 Å². The first-order valence-corrected chi connectivity index (χ1v) is 7.09. The first-order valence-electron chi connectivity index (χ1n) is 6.21. The molecule has 0 aliphatic heterocycles. The van der Waals surface area contributed by atoms with Crippen LogP contribution in [0.3, 0.4) is 0 Å². The smallest absolute Gasteiger partial charge is 0.232 e. The van der Waals surface area contributed by atoms with Gasteiger partial charge >= 0.3 is 0 Å². The van der Waals surface area contributed by atoms with E-state index in [-0.39, 0.29) is 17.6 Å². The molecular formula is C15H16FNOS. The summed E-state index contributed by atoms with van der Waals surface area (Å²) in [6, 6.07) is 8.06. The Morgan fingerprint density at radius 2 is 2.05 bits per heavy atom. The molecule has 2 aromatic rings. The number of carbonyl (C=O) groups excluding carboxylic acids is 1. The molecule has 0 radical (unpaired) electrons. The van der Waals surface area contributed by atoms with Crippen molar-refractivity contribution in [2.45, 2.75) is 26.2 Å². The molecule has 1 heterocycles. The molecule has 0 saturated carbocycles. The Balaban J connectivity index is 2.13. The van der Waals surface area contributed by atoms with Crippen LogP contribution in [0.4, 0.5) is 9.39 Å². The second-order valence-electron chi connectivity index (χ2n) is 4.49. The van der Waals surface area contributed by atoms with E-state index in [1.54, 1.807) is 12.1 Å². The number of rotatable bonds is 4. The number of thiophene rings is 1. The van der Waals surface area contributed by atoms with Crippen LogP contribution in [0.15, 0.2) is 35.7 Å². The molecule has 1 amide bonds. The lowest BCUT2D eigenvalue weighted by atomic mass is 9.95. The minimum absolute atomic E-state index is 0.0454. The van der Waals surface area contributed by atoms with Crippen molar-refractivity contribution in [1.29, 1.82) is 0 Å². The summed E-state index contributed by atoms with van der Waals surface area (Å²) in [7, 11) is 0. The van der Waals surface area contributed by atoms with Gasteiger partial charge in [0, 0.05) is 0 Å². The summed E-state index contributed by atoms with van der Waals surface area (Å²) in [5.74, 6) is -0.577. The fourth-order valence-corrected chi connectivity index (χ4v) is 2.77. The van der Waals surface area contributed by atoms with E-state index in [2.05, 4.69) is 5.32 Å². The van der Waals surface area contributed by atoms with Crippen LogP contribution in [-0.4, -0.2) is 5.91 Å². The summed E-state index contributed by atoms with van der Waals surface area (Å²) in [5.41, 5.74) is 1.98. The fraction of sp³-hybridized carbons (Fsp3) is 0.267. The van der Waals surface area contributed by atoms with E-state index in [1.165, 1.54) is 23.5 Å². The van der Waals surface area contributed by atoms with Crippen LogP contribution >= 0.6 is 11.3 Å². The van der Waals surface area contributed by atoms with Crippen molar-refractivity contribution in [3.8, 4) is 0 Å². The van der Waals surface area contributed by atoms with Crippen molar-refractivity contribution in [3.05, 3.63) is 52.7 Å². The average molecular weight is 277 g/mol. The van der Waals surface area contributed by atoms with Gasteiger partial charge in [-0.25, -0.2) is 4.39 Å². The highest BCUT2D eigenvalue weighted by atomic mass is 32.1. The lowest BCUT2D eigenvalue weighted by Gasteiger charge is -2.14. The van der Waals surface area contributed by atoms with Gasteiger partial charge in [-0.2, -0.15) is 0 Å². The number of nitrogens with one attached hydrogen (secondary N) is 1. The molecule has 4 heteroatoms. The van der Waals surface area contributed by atoms with Gasteiger partial charge in [0.25, 0.3) is 0 Å². The summed E-state index contributed by atoms with van der Waals surface area (Å²) in [5, 5.41) is 5.76. The van der Waals surface area contributed by atoms with Crippen LogP contribution in [0.2, 0.25) is 0 Å². The van der Waals surface area contributed by atoms with Crippen LogP contribution in [0.1, 0.15) is 30.4 Å². The first kappa shape index (κ1) is 13.7. The van der Waals surface area contributed by atoms with Gasteiger partial charge < -0.3 is 5.32 Å². The Bertz CT molecular complexity index is 562. The summed E-state index contributed by atoms with van der Waals surface area (Å²) in [6.45, 7) is 3.94. The highest BCUT2D eigenvalue weighted by molar-refractivity contribution is 7.14. The van der Waals surface area contributed by atoms with E-state index in [9.17, 15) is 9.18 Å². The third kappa shape index (κ3) is 3.41. The summed E-state index contributed by atoms with van der Waals surface area (Å²) in [4.78, 5) is 12.2. The Kier molecular flexibility index (Phi) is 4.32. The summed E-state index contributed by atoms with van der Waals surface area (Å²) in [6.07, 6.45) is 0.682. The maximum Gasteiger partial charge on any atom is 0.232 e. The number of amides is 1. The van der Waals surface area contributed by atoms with E-state index >= 15 is 0 Å². The number of hydrogen-bond donors (Lipinski definition) is 1. The minimum Gasteiger partial charge on any atom is -0.317 e. The summed E-state index contributed by atoms with van der Waals surface area (Å²) < 4.78 is 12.9. The van der Waals surface area contributed by atoms with Crippen molar-refractivity contribution < 1.29 is 9.18 Å². The molecular weight excluding hydrogens is 261 g/mol. The van der Waals surface area contributed by atoms with Gasteiger partial charge in [-0.3, -0.25) is 4.79 Å². The number of carbonyl (C=O) groups is 1. The fourth-order valence-electron chi connectivity index (χ4n) is 1.97. The van der Waals surface area contributed by atoms with E-state index in [0.29, 0.717) is 6.42 Å². The van der Waals surface area contributed by atoms with Crippen molar-refractivity contribution in [3.63, 3.8) is 0 Å². The predicted molar refractivity (Wildman–Crippen MR) is 77.1 cm³/mol. The number of anilines is 1. The minimum atomic E-state index is -0.284. The second kappa shape index (κ2) is 5.97. The van der Waals surface area contributed by atoms with Gasteiger partial charge in [0.2, 0.25) is 5.91 Å². The molecule has 1 N–H and O–H groups in total. The van der Waals surface area contributed by atoms with Gasteiger partial charge in [-0.15, -0.1) is 11.3 Å².